The van der Waals surface area contributed by atoms with Crippen molar-refractivity contribution in [1.29, 1.82) is 0 Å². The number of carbonyl (C=O) groups excluding carboxylic acids is 1. The Bertz CT molecular complexity index is 1140. The van der Waals surface area contributed by atoms with Gasteiger partial charge in [-0.15, -0.1) is 0 Å². The number of anilines is 1. The second-order valence-corrected chi connectivity index (χ2v) is 8.60. The van der Waals surface area contributed by atoms with Gasteiger partial charge in [-0.3, -0.25) is 9.78 Å². The fraction of sp³-hybridized carbons (Fsp3) is 0.308. The fourth-order valence-electron chi connectivity index (χ4n) is 5.36. The maximum absolute atomic E-state index is 14.5. The molecule has 164 valence electrons. The number of carbonyl (C=O) groups is 1. The van der Waals surface area contributed by atoms with Crippen LogP contribution < -0.4 is 4.90 Å². The Morgan fingerprint density at radius 2 is 1.97 bits per heavy atom. The van der Waals surface area contributed by atoms with Crippen molar-refractivity contribution >= 4 is 11.6 Å². The van der Waals surface area contributed by atoms with Gasteiger partial charge in [-0.25, -0.2) is 4.39 Å². The van der Waals surface area contributed by atoms with Gasteiger partial charge in [0, 0.05) is 42.7 Å². The zero-order valence-corrected chi connectivity index (χ0v) is 18.0. The number of fused-ring (bicyclic) bond motifs is 3. The van der Waals surface area contributed by atoms with Crippen molar-refractivity contribution < 1.29 is 14.3 Å². The normalized spacial score (nSPS) is 21.9. The third kappa shape index (κ3) is 3.45. The number of likely N-dealkylation sites (N-methyl/N-ethyl adjacent to an activating group) is 1. The van der Waals surface area contributed by atoms with E-state index in [1.165, 1.54) is 6.07 Å². The third-order valence-electron chi connectivity index (χ3n) is 6.91. The lowest BCUT2D eigenvalue weighted by Crippen LogP contribution is -2.48. The molecular weight excluding hydrogens is 405 g/mol. The predicted molar refractivity (Wildman–Crippen MR) is 122 cm³/mol. The van der Waals surface area contributed by atoms with Crippen LogP contribution in [0.3, 0.4) is 0 Å². The molecule has 0 spiro atoms. The predicted octanol–water partition coefficient (Wildman–Crippen LogP) is 3.83. The molecule has 1 N–H and O–H groups in total. The van der Waals surface area contributed by atoms with Gasteiger partial charge < -0.3 is 14.9 Å². The Balaban J connectivity index is 1.56. The largest absolute Gasteiger partial charge is 0.394 e. The molecule has 32 heavy (non-hydrogen) atoms. The number of aromatic nitrogens is 1. The summed E-state index contributed by atoms with van der Waals surface area (Å²) in [4.78, 5) is 21.7. The fourth-order valence-corrected chi connectivity index (χ4v) is 5.36. The third-order valence-corrected chi connectivity index (χ3v) is 6.91. The van der Waals surface area contributed by atoms with E-state index in [1.54, 1.807) is 18.3 Å². The molecule has 0 saturated carbocycles. The minimum atomic E-state index is -0.268. The van der Waals surface area contributed by atoms with Crippen molar-refractivity contribution in [3.05, 3.63) is 83.9 Å². The first-order valence-electron chi connectivity index (χ1n) is 11.0. The Hall–Kier alpha value is -3.25. The van der Waals surface area contributed by atoms with Crippen LogP contribution in [0.5, 0.6) is 0 Å². The van der Waals surface area contributed by atoms with Crippen LogP contribution in [0.25, 0.3) is 11.1 Å². The summed E-state index contributed by atoms with van der Waals surface area (Å²) in [6.07, 6.45) is 2.76. The number of likely N-dealkylation sites (tertiary alicyclic amines) is 1. The number of benzene rings is 2. The van der Waals surface area contributed by atoms with Crippen molar-refractivity contribution in [3.8, 4) is 11.1 Å². The quantitative estimate of drug-likeness (QED) is 0.682. The van der Waals surface area contributed by atoms with E-state index in [2.05, 4.69) is 9.88 Å². The molecule has 0 aliphatic carbocycles. The van der Waals surface area contributed by atoms with Gasteiger partial charge in [0.05, 0.1) is 25.1 Å². The second kappa shape index (κ2) is 8.36. The van der Waals surface area contributed by atoms with Crippen molar-refractivity contribution in [1.82, 2.24) is 9.88 Å². The zero-order chi connectivity index (χ0) is 22.2. The molecular formula is C26H26FN3O2. The van der Waals surface area contributed by atoms with Gasteiger partial charge in [0.1, 0.15) is 5.82 Å². The number of halogens is 1. The van der Waals surface area contributed by atoms with E-state index in [0.29, 0.717) is 12.1 Å². The number of aliphatic hydroxyl groups excluding tert-OH is 1. The summed E-state index contributed by atoms with van der Waals surface area (Å²) in [6.45, 7) is 0.656. The molecule has 2 aliphatic rings. The molecule has 2 aromatic carbocycles. The first kappa shape index (κ1) is 20.6. The van der Waals surface area contributed by atoms with Gasteiger partial charge in [-0.2, -0.15) is 0 Å². The van der Waals surface area contributed by atoms with Gasteiger partial charge in [-0.05, 0) is 47.9 Å². The number of pyridine rings is 1. The average Bonchev–Trinajstić information content (AvgIpc) is 3.25. The molecule has 1 amide bonds. The van der Waals surface area contributed by atoms with Crippen LogP contribution in [0.1, 0.15) is 23.7 Å². The van der Waals surface area contributed by atoms with E-state index < -0.39 is 0 Å². The van der Waals surface area contributed by atoms with Crippen LogP contribution in [0.2, 0.25) is 0 Å². The van der Waals surface area contributed by atoms with Crippen molar-refractivity contribution in [2.45, 2.75) is 24.9 Å². The molecule has 3 heterocycles. The summed E-state index contributed by atoms with van der Waals surface area (Å²) < 4.78 is 14.5. The maximum atomic E-state index is 14.5. The van der Waals surface area contributed by atoms with E-state index in [1.807, 2.05) is 54.4 Å². The van der Waals surface area contributed by atoms with Crippen LogP contribution in [0.15, 0.2) is 66.9 Å². The standard InChI is InChI=1S/C26H26FN3O2/c1-29-23-10-9-17(19-7-2-3-8-22(19)27)14-21(23)26-20(24(29)16-31)11-13-30(26)25(32)15-18-6-4-5-12-28-18/h2-10,12,14,20,24,26,31H,11,13,15-16H2,1H3/t20-,24+,26-/m0/s1. The van der Waals surface area contributed by atoms with Crippen LogP contribution in [-0.2, 0) is 11.2 Å². The molecule has 0 unspecified atom stereocenters. The van der Waals surface area contributed by atoms with Gasteiger partial charge in [0.15, 0.2) is 0 Å². The summed E-state index contributed by atoms with van der Waals surface area (Å²) in [5.74, 6) is -0.128. The highest BCUT2D eigenvalue weighted by atomic mass is 19.1. The lowest BCUT2D eigenvalue weighted by atomic mass is 9.81. The SMILES string of the molecule is CN1c2ccc(-c3ccccc3F)cc2[C@@H]2[C@@H](CCN2C(=O)Cc2ccccn2)[C@H]1CO. The monoisotopic (exact) mass is 431 g/mol. The van der Waals surface area contributed by atoms with E-state index in [0.717, 1.165) is 28.9 Å². The van der Waals surface area contributed by atoms with Gasteiger partial charge in [0.25, 0.3) is 0 Å². The Morgan fingerprint density at radius 3 is 2.72 bits per heavy atom. The average molecular weight is 432 g/mol. The molecule has 2 aliphatic heterocycles. The molecule has 3 atom stereocenters. The lowest BCUT2D eigenvalue weighted by molar-refractivity contribution is -0.132. The molecule has 1 aromatic heterocycles. The molecule has 1 fully saturated rings. The number of amides is 1. The summed E-state index contributed by atoms with van der Waals surface area (Å²) in [5.41, 5.74) is 4.06. The minimum Gasteiger partial charge on any atom is -0.394 e. The van der Waals surface area contributed by atoms with E-state index >= 15 is 0 Å². The van der Waals surface area contributed by atoms with Crippen LogP contribution in [0.4, 0.5) is 10.1 Å². The Labute approximate surface area is 187 Å². The van der Waals surface area contributed by atoms with Gasteiger partial charge in [-0.1, -0.05) is 30.3 Å². The van der Waals surface area contributed by atoms with Gasteiger partial charge >= 0.3 is 0 Å². The highest BCUT2D eigenvalue weighted by molar-refractivity contribution is 5.80. The molecule has 5 rings (SSSR count). The minimum absolute atomic E-state index is 0.0223. The molecule has 6 heteroatoms. The number of rotatable bonds is 4. The summed E-state index contributed by atoms with van der Waals surface area (Å²) in [6, 6.07) is 18.0. The first-order valence-corrected chi connectivity index (χ1v) is 11.0. The number of nitrogens with zero attached hydrogens (tertiary/aromatic N) is 3. The number of aliphatic hydroxyl groups is 1. The highest BCUT2D eigenvalue weighted by Crippen LogP contribution is 2.49. The molecule has 0 radical (unpaired) electrons. The molecule has 3 aromatic rings. The summed E-state index contributed by atoms with van der Waals surface area (Å²) >= 11 is 0. The molecule has 1 saturated heterocycles. The Morgan fingerprint density at radius 1 is 1.16 bits per heavy atom. The summed E-state index contributed by atoms with van der Waals surface area (Å²) in [5, 5.41) is 10.2. The number of hydrogen-bond acceptors (Lipinski definition) is 4. The topological polar surface area (TPSA) is 56.7 Å². The van der Waals surface area contributed by atoms with Gasteiger partial charge in [0.2, 0.25) is 5.91 Å². The molecule has 5 nitrogen and oxygen atoms in total. The van der Waals surface area contributed by atoms with Crippen molar-refractivity contribution in [2.24, 2.45) is 5.92 Å². The van der Waals surface area contributed by atoms with Crippen molar-refractivity contribution in [2.75, 3.05) is 25.1 Å². The van der Waals surface area contributed by atoms with Crippen LogP contribution in [-0.4, -0.2) is 47.1 Å². The van der Waals surface area contributed by atoms with Crippen LogP contribution >= 0.6 is 0 Å². The summed E-state index contributed by atoms with van der Waals surface area (Å²) in [7, 11) is 1.98. The first-order chi connectivity index (χ1) is 15.6. The van der Waals surface area contributed by atoms with Crippen LogP contribution in [0, 0.1) is 11.7 Å². The number of hydrogen-bond donors (Lipinski definition) is 1. The Kier molecular flexibility index (Phi) is 5.39. The zero-order valence-electron chi connectivity index (χ0n) is 18.0. The van der Waals surface area contributed by atoms with E-state index in [9.17, 15) is 14.3 Å². The van der Waals surface area contributed by atoms with E-state index in [4.69, 9.17) is 0 Å². The molecule has 0 bridgehead atoms. The smallest absolute Gasteiger partial charge is 0.229 e. The highest BCUT2D eigenvalue weighted by Gasteiger charge is 2.47. The maximum Gasteiger partial charge on any atom is 0.229 e. The van der Waals surface area contributed by atoms with Crippen molar-refractivity contribution in [3.63, 3.8) is 0 Å². The lowest BCUT2D eigenvalue weighted by Gasteiger charge is -2.44. The van der Waals surface area contributed by atoms with E-state index in [-0.39, 0.29) is 42.8 Å². The second-order valence-electron chi connectivity index (χ2n) is 8.60.